The standard InChI is InChI=1S/C12H18N4/c1-4-11(8(2)3)16-12-10(14)5-9(6-13)7-15-12/h5,7-8,11H,4,14H2,1-3H3,(H,15,16). The van der Waals surface area contributed by atoms with E-state index >= 15 is 0 Å². The summed E-state index contributed by atoms with van der Waals surface area (Å²) in [4.78, 5) is 4.16. The average Bonchev–Trinajstić information content (AvgIpc) is 2.26. The van der Waals surface area contributed by atoms with Crippen LogP contribution in [0.25, 0.3) is 0 Å². The van der Waals surface area contributed by atoms with Gasteiger partial charge in [-0.25, -0.2) is 4.98 Å². The van der Waals surface area contributed by atoms with E-state index in [-0.39, 0.29) is 0 Å². The van der Waals surface area contributed by atoms with Gasteiger partial charge < -0.3 is 11.1 Å². The number of nitriles is 1. The normalized spacial score (nSPS) is 12.2. The zero-order chi connectivity index (χ0) is 12.1. The van der Waals surface area contributed by atoms with Crippen LogP contribution in [0.15, 0.2) is 12.3 Å². The number of aromatic nitrogens is 1. The van der Waals surface area contributed by atoms with Gasteiger partial charge in [0.2, 0.25) is 0 Å². The van der Waals surface area contributed by atoms with Gasteiger partial charge in [-0.2, -0.15) is 5.26 Å². The molecule has 0 spiro atoms. The molecule has 0 amide bonds. The van der Waals surface area contributed by atoms with Crippen molar-refractivity contribution in [1.82, 2.24) is 4.98 Å². The molecule has 4 nitrogen and oxygen atoms in total. The molecule has 0 saturated carbocycles. The Hall–Kier alpha value is -1.76. The van der Waals surface area contributed by atoms with Gasteiger partial charge in [0.15, 0.2) is 0 Å². The highest BCUT2D eigenvalue weighted by Crippen LogP contribution is 2.19. The number of hydrogen-bond donors (Lipinski definition) is 2. The van der Waals surface area contributed by atoms with Crippen LogP contribution in [0.5, 0.6) is 0 Å². The molecule has 3 N–H and O–H groups in total. The van der Waals surface area contributed by atoms with Crippen LogP contribution in [0.3, 0.4) is 0 Å². The van der Waals surface area contributed by atoms with Crippen LogP contribution >= 0.6 is 0 Å². The molecule has 16 heavy (non-hydrogen) atoms. The highest BCUT2D eigenvalue weighted by Gasteiger charge is 2.12. The molecule has 0 fully saturated rings. The SMILES string of the molecule is CCC(Nc1ncc(C#N)cc1N)C(C)C. The van der Waals surface area contributed by atoms with Crippen LogP contribution in [0.2, 0.25) is 0 Å². The first-order valence-electron chi connectivity index (χ1n) is 5.50. The molecule has 0 bridgehead atoms. The number of hydrogen-bond acceptors (Lipinski definition) is 4. The Morgan fingerprint density at radius 3 is 2.69 bits per heavy atom. The summed E-state index contributed by atoms with van der Waals surface area (Å²) < 4.78 is 0. The monoisotopic (exact) mass is 218 g/mol. The van der Waals surface area contributed by atoms with E-state index < -0.39 is 0 Å². The van der Waals surface area contributed by atoms with Crippen molar-refractivity contribution < 1.29 is 0 Å². The summed E-state index contributed by atoms with van der Waals surface area (Å²) in [5.41, 5.74) is 6.84. The fraction of sp³-hybridized carbons (Fsp3) is 0.500. The Bertz CT molecular complexity index is 392. The second kappa shape index (κ2) is 5.36. The van der Waals surface area contributed by atoms with Crippen molar-refractivity contribution >= 4 is 11.5 Å². The van der Waals surface area contributed by atoms with Crippen LogP contribution in [0.1, 0.15) is 32.8 Å². The zero-order valence-electron chi connectivity index (χ0n) is 9.99. The minimum absolute atomic E-state index is 0.350. The van der Waals surface area contributed by atoms with E-state index in [1.54, 1.807) is 6.07 Å². The van der Waals surface area contributed by atoms with Gasteiger partial charge in [0.25, 0.3) is 0 Å². The maximum absolute atomic E-state index is 8.70. The van der Waals surface area contributed by atoms with Crippen molar-refractivity contribution in [1.29, 1.82) is 5.26 Å². The second-order valence-corrected chi connectivity index (χ2v) is 4.18. The lowest BCUT2D eigenvalue weighted by Gasteiger charge is -2.22. The molecule has 0 aliphatic heterocycles. The van der Waals surface area contributed by atoms with E-state index in [4.69, 9.17) is 11.0 Å². The molecule has 0 aromatic carbocycles. The highest BCUT2D eigenvalue weighted by atomic mass is 15.0. The number of rotatable bonds is 4. The molecule has 0 aliphatic carbocycles. The van der Waals surface area contributed by atoms with E-state index in [0.717, 1.165) is 6.42 Å². The molecule has 4 heteroatoms. The van der Waals surface area contributed by atoms with Crippen LogP contribution in [0.4, 0.5) is 11.5 Å². The summed E-state index contributed by atoms with van der Waals surface area (Å²) in [6.45, 7) is 6.43. The minimum atomic E-state index is 0.350. The Morgan fingerprint density at radius 1 is 1.56 bits per heavy atom. The van der Waals surface area contributed by atoms with Gasteiger partial charge in [-0.15, -0.1) is 0 Å². The van der Waals surface area contributed by atoms with E-state index in [1.807, 2.05) is 6.07 Å². The average molecular weight is 218 g/mol. The molecule has 1 heterocycles. The predicted octanol–water partition coefficient (Wildman–Crippen LogP) is 2.38. The van der Waals surface area contributed by atoms with Crippen molar-refractivity contribution in [3.05, 3.63) is 17.8 Å². The smallest absolute Gasteiger partial charge is 0.149 e. The summed E-state index contributed by atoms with van der Waals surface area (Å²) in [5.74, 6) is 1.18. The van der Waals surface area contributed by atoms with E-state index in [2.05, 4.69) is 31.1 Å². The maximum Gasteiger partial charge on any atom is 0.149 e. The van der Waals surface area contributed by atoms with Gasteiger partial charge in [-0.3, -0.25) is 0 Å². The predicted molar refractivity (Wildman–Crippen MR) is 65.9 cm³/mol. The lowest BCUT2D eigenvalue weighted by molar-refractivity contribution is 0.510. The maximum atomic E-state index is 8.70. The number of anilines is 2. The van der Waals surface area contributed by atoms with Crippen molar-refractivity contribution in [2.75, 3.05) is 11.1 Å². The van der Waals surface area contributed by atoms with Crippen LogP contribution in [-0.2, 0) is 0 Å². The lowest BCUT2D eigenvalue weighted by atomic mass is 10.0. The summed E-state index contributed by atoms with van der Waals surface area (Å²) >= 11 is 0. The molecule has 86 valence electrons. The van der Waals surface area contributed by atoms with Crippen LogP contribution in [0, 0.1) is 17.2 Å². The molecule has 1 unspecified atom stereocenters. The quantitative estimate of drug-likeness (QED) is 0.813. The number of nitrogens with one attached hydrogen (secondary N) is 1. The third-order valence-electron chi connectivity index (χ3n) is 2.61. The third-order valence-corrected chi connectivity index (χ3v) is 2.61. The Labute approximate surface area is 96.5 Å². The van der Waals surface area contributed by atoms with Gasteiger partial charge >= 0.3 is 0 Å². The van der Waals surface area contributed by atoms with Gasteiger partial charge in [0.1, 0.15) is 11.9 Å². The Morgan fingerprint density at radius 2 is 2.25 bits per heavy atom. The molecule has 1 aromatic rings. The van der Waals surface area contributed by atoms with Gasteiger partial charge in [0.05, 0.1) is 11.3 Å². The number of nitrogens with two attached hydrogens (primary N) is 1. The third kappa shape index (κ3) is 2.86. The first kappa shape index (κ1) is 12.3. The van der Waals surface area contributed by atoms with E-state index in [9.17, 15) is 0 Å². The molecule has 0 radical (unpaired) electrons. The summed E-state index contributed by atoms with van der Waals surface area (Å²) in [7, 11) is 0. The van der Waals surface area contributed by atoms with E-state index in [1.165, 1.54) is 6.20 Å². The summed E-state index contributed by atoms with van der Waals surface area (Å²) in [6.07, 6.45) is 2.55. The Kier molecular flexibility index (Phi) is 4.12. The Balaban J connectivity index is 2.86. The molecule has 0 aliphatic rings. The van der Waals surface area contributed by atoms with Crippen molar-refractivity contribution in [3.8, 4) is 6.07 Å². The van der Waals surface area contributed by atoms with Gasteiger partial charge in [-0.05, 0) is 18.4 Å². The second-order valence-electron chi connectivity index (χ2n) is 4.18. The molecular weight excluding hydrogens is 200 g/mol. The summed E-state index contributed by atoms with van der Waals surface area (Å²) in [6, 6.07) is 4.01. The van der Waals surface area contributed by atoms with Crippen molar-refractivity contribution in [3.63, 3.8) is 0 Å². The largest absolute Gasteiger partial charge is 0.396 e. The minimum Gasteiger partial charge on any atom is -0.396 e. The fourth-order valence-corrected chi connectivity index (χ4v) is 1.58. The van der Waals surface area contributed by atoms with E-state index in [0.29, 0.717) is 29.0 Å². The number of pyridine rings is 1. The van der Waals surface area contributed by atoms with Crippen LogP contribution in [-0.4, -0.2) is 11.0 Å². The molecule has 1 atom stereocenters. The lowest BCUT2D eigenvalue weighted by Crippen LogP contribution is -2.25. The first-order chi connectivity index (χ1) is 7.58. The zero-order valence-corrected chi connectivity index (χ0v) is 9.99. The van der Waals surface area contributed by atoms with Crippen molar-refractivity contribution in [2.24, 2.45) is 5.92 Å². The van der Waals surface area contributed by atoms with Gasteiger partial charge in [0, 0.05) is 12.2 Å². The highest BCUT2D eigenvalue weighted by molar-refractivity contribution is 5.63. The molecule has 0 saturated heterocycles. The van der Waals surface area contributed by atoms with Gasteiger partial charge in [-0.1, -0.05) is 20.8 Å². The fourth-order valence-electron chi connectivity index (χ4n) is 1.58. The summed E-state index contributed by atoms with van der Waals surface area (Å²) in [5, 5.41) is 12.0. The molecule has 1 rings (SSSR count). The van der Waals surface area contributed by atoms with Crippen LogP contribution < -0.4 is 11.1 Å². The first-order valence-corrected chi connectivity index (χ1v) is 5.50. The van der Waals surface area contributed by atoms with Crippen molar-refractivity contribution in [2.45, 2.75) is 33.2 Å². The molecular formula is C12H18N4. The topological polar surface area (TPSA) is 74.7 Å². The number of nitrogen functional groups attached to an aromatic ring is 1. The molecule has 1 aromatic heterocycles. The number of nitrogens with zero attached hydrogens (tertiary/aromatic N) is 2.